The van der Waals surface area contributed by atoms with Crippen LogP contribution in [0.25, 0.3) is 97.0 Å². The number of rotatable bonds is 2. The molecule has 0 bridgehead atoms. The third-order valence-corrected chi connectivity index (χ3v) is 10.6. The monoisotopic (exact) mass is 560 g/mol. The zero-order chi connectivity index (χ0) is 28.1. The van der Waals surface area contributed by atoms with Crippen LogP contribution >= 0.6 is 11.3 Å². The normalized spacial score (nSPS) is 12.2. The van der Waals surface area contributed by atoms with Crippen molar-refractivity contribution in [1.82, 2.24) is 0 Å². The SMILES string of the molecule is c1ccc2c(c1)-c1cccc3c(-c4cccc5sc6c(-c7ccc8c(ccc9ccccc98)c7)cccc6c45)ccc-2c13. The molecule has 198 valence electrons. The zero-order valence-corrected chi connectivity index (χ0v) is 24.1. The number of benzene rings is 8. The molecule has 1 heterocycles. The zero-order valence-electron chi connectivity index (χ0n) is 23.3. The van der Waals surface area contributed by atoms with Gasteiger partial charge < -0.3 is 0 Å². The lowest BCUT2D eigenvalue weighted by Gasteiger charge is -2.11. The molecule has 0 nitrogen and oxygen atoms in total. The van der Waals surface area contributed by atoms with Gasteiger partial charge in [0.15, 0.2) is 0 Å². The van der Waals surface area contributed by atoms with Crippen LogP contribution < -0.4 is 0 Å². The highest BCUT2D eigenvalue weighted by Crippen LogP contribution is 2.51. The van der Waals surface area contributed by atoms with E-state index in [1.54, 1.807) is 0 Å². The predicted octanol–water partition coefficient (Wildman–Crippen LogP) is 12.5. The van der Waals surface area contributed by atoms with Crippen LogP contribution in [-0.4, -0.2) is 0 Å². The van der Waals surface area contributed by atoms with E-state index in [2.05, 4.69) is 146 Å². The van der Waals surface area contributed by atoms with E-state index in [0.717, 1.165) is 0 Å². The molecule has 0 aliphatic heterocycles. The van der Waals surface area contributed by atoms with Crippen LogP contribution in [0.2, 0.25) is 0 Å². The summed E-state index contributed by atoms with van der Waals surface area (Å²) in [6.07, 6.45) is 0. The Kier molecular flexibility index (Phi) is 4.69. The van der Waals surface area contributed by atoms with Crippen molar-refractivity contribution in [2.75, 3.05) is 0 Å². The molecule has 0 fully saturated rings. The maximum Gasteiger partial charge on any atom is 0.0434 e. The van der Waals surface area contributed by atoms with E-state index in [1.807, 2.05) is 11.3 Å². The molecule has 0 N–H and O–H groups in total. The van der Waals surface area contributed by atoms with Crippen molar-refractivity contribution in [2.24, 2.45) is 0 Å². The predicted molar refractivity (Wildman–Crippen MR) is 187 cm³/mol. The summed E-state index contributed by atoms with van der Waals surface area (Å²) < 4.78 is 2.68. The van der Waals surface area contributed by atoms with Crippen molar-refractivity contribution in [3.05, 3.63) is 146 Å². The van der Waals surface area contributed by atoms with Crippen LogP contribution in [0, 0.1) is 0 Å². The molecule has 0 unspecified atom stereocenters. The fourth-order valence-electron chi connectivity index (χ4n) is 7.52. The minimum absolute atomic E-state index is 1.27. The molecule has 8 aromatic carbocycles. The van der Waals surface area contributed by atoms with E-state index < -0.39 is 0 Å². The van der Waals surface area contributed by atoms with Gasteiger partial charge in [-0.3, -0.25) is 0 Å². The highest BCUT2D eigenvalue weighted by Gasteiger charge is 2.23. The average molecular weight is 561 g/mol. The van der Waals surface area contributed by atoms with Gasteiger partial charge in [-0.15, -0.1) is 11.3 Å². The molecule has 10 rings (SSSR count). The van der Waals surface area contributed by atoms with Crippen LogP contribution in [0.3, 0.4) is 0 Å². The summed E-state index contributed by atoms with van der Waals surface area (Å²) in [5.41, 5.74) is 10.6. The first-order valence-electron chi connectivity index (χ1n) is 14.9. The first-order chi connectivity index (χ1) is 21.3. The molecule has 0 atom stereocenters. The van der Waals surface area contributed by atoms with Gasteiger partial charge in [0.05, 0.1) is 0 Å². The summed E-state index contributed by atoms with van der Waals surface area (Å²) in [7, 11) is 0. The molecule has 0 saturated carbocycles. The molecule has 0 saturated heterocycles. The van der Waals surface area contributed by atoms with Crippen molar-refractivity contribution < 1.29 is 0 Å². The Bertz CT molecular complexity index is 2590. The lowest BCUT2D eigenvalue weighted by molar-refractivity contribution is 1.69. The third kappa shape index (κ3) is 3.20. The largest absolute Gasteiger partial charge is 0.135 e. The van der Waals surface area contributed by atoms with Gasteiger partial charge in [-0.2, -0.15) is 0 Å². The van der Waals surface area contributed by atoms with Gasteiger partial charge in [-0.1, -0.05) is 133 Å². The van der Waals surface area contributed by atoms with Crippen LogP contribution in [0.1, 0.15) is 0 Å². The highest BCUT2D eigenvalue weighted by atomic mass is 32.1. The Morgan fingerprint density at radius 2 is 0.930 bits per heavy atom. The molecule has 43 heavy (non-hydrogen) atoms. The van der Waals surface area contributed by atoms with Crippen LogP contribution in [-0.2, 0) is 0 Å². The van der Waals surface area contributed by atoms with Gasteiger partial charge in [0.25, 0.3) is 0 Å². The van der Waals surface area contributed by atoms with Crippen molar-refractivity contribution in [3.8, 4) is 44.5 Å². The van der Waals surface area contributed by atoms with E-state index in [-0.39, 0.29) is 0 Å². The first-order valence-corrected chi connectivity index (χ1v) is 15.7. The minimum atomic E-state index is 1.27. The second-order valence-electron chi connectivity index (χ2n) is 11.6. The number of thiophene rings is 1. The molecule has 0 amide bonds. The summed E-state index contributed by atoms with van der Waals surface area (Å²) in [5, 5.41) is 10.6. The van der Waals surface area contributed by atoms with Gasteiger partial charge >= 0.3 is 0 Å². The first kappa shape index (κ1) is 23.3. The molecule has 1 heteroatoms. The third-order valence-electron chi connectivity index (χ3n) is 9.42. The molecular formula is C42H24S. The van der Waals surface area contributed by atoms with E-state index >= 15 is 0 Å². The molecular weight excluding hydrogens is 537 g/mol. The van der Waals surface area contributed by atoms with Crippen LogP contribution in [0.15, 0.2) is 146 Å². The Morgan fingerprint density at radius 1 is 0.326 bits per heavy atom. The molecule has 0 spiro atoms. The van der Waals surface area contributed by atoms with E-state index in [0.29, 0.717) is 0 Å². The highest BCUT2D eigenvalue weighted by molar-refractivity contribution is 7.26. The molecule has 9 aromatic rings. The summed E-state index contributed by atoms with van der Waals surface area (Å²) in [6.45, 7) is 0. The average Bonchev–Trinajstić information content (AvgIpc) is 3.62. The topological polar surface area (TPSA) is 0 Å². The Labute approximate surface area is 253 Å². The molecule has 1 aliphatic carbocycles. The Morgan fingerprint density at radius 3 is 1.81 bits per heavy atom. The Balaban J connectivity index is 1.20. The lowest BCUT2D eigenvalue weighted by Crippen LogP contribution is -1.85. The second-order valence-corrected chi connectivity index (χ2v) is 12.7. The van der Waals surface area contributed by atoms with Crippen molar-refractivity contribution in [3.63, 3.8) is 0 Å². The van der Waals surface area contributed by atoms with E-state index in [4.69, 9.17) is 0 Å². The summed E-state index contributed by atoms with van der Waals surface area (Å²) in [6, 6.07) is 54.1. The Hall–Kier alpha value is -5.24. The van der Waals surface area contributed by atoms with Gasteiger partial charge in [-0.05, 0) is 89.0 Å². The molecule has 1 aromatic heterocycles. The number of fused-ring (bicyclic) bond motifs is 9. The lowest BCUT2D eigenvalue weighted by atomic mass is 9.91. The smallest absolute Gasteiger partial charge is 0.0434 e. The summed E-state index contributed by atoms with van der Waals surface area (Å²) in [5.74, 6) is 0. The summed E-state index contributed by atoms with van der Waals surface area (Å²) >= 11 is 1.91. The standard InChI is InChI=1S/C42H24S/c1-2-9-28-25(8-1)18-19-26-24-27(20-21-29(26)28)30-12-5-16-38-41-36(15-7-17-39(41)43-42(30)38)33-22-23-37-32-11-4-3-10-31(32)34-13-6-14-35(33)40(34)37/h1-24H. The maximum absolute atomic E-state index is 2.36. The van der Waals surface area contributed by atoms with Crippen LogP contribution in [0.4, 0.5) is 0 Å². The quantitative estimate of drug-likeness (QED) is 0.184. The van der Waals surface area contributed by atoms with Gasteiger partial charge in [-0.25, -0.2) is 0 Å². The van der Waals surface area contributed by atoms with Gasteiger partial charge in [0, 0.05) is 20.2 Å². The van der Waals surface area contributed by atoms with E-state index in [9.17, 15) is 0 Å². The van der Waals surface area contributed by atoms with Crippen molar-refractivity contribution >= 4 is 63.8 Å². The fourth-order valence-corrected chi connectivity index (χ4v) is 8.79. The van der Waals surface area contributed by atoms with Gasteiger partial charge in [0.2, 0.25) is 0 Å². The molecule has 0 radical (unpaired) electrons. The van der Waals surface area contributed by atoms with Crippen molar-refractivity contribution in [2.45, 2.75) is 0 Å². The number of hydrogen-bond donors (Lipinski definition) is 0. The molecule has 1 aliphatic rings. The maximum atomic E-state index is 2.36. The minimum Gasteiger partial charge on any atom is -0.135 e. The fraction of sp³-hybridized carbons (Fsp3) is 0. The van der Waals surface area contributed by atoms with Crippen LogP contribution in [0.5, 0.6) is 0 Å². The second kappa shape index (κ2) is 8.64. The van der Waals surface area contributed by atoms with E-state index in [1.165, 1.54) is 97.0 Å². The van der Waals surface area contributed by atoms with Crippen molar-refractivity contribution in [1.29, 1.82) is 0 Å². The summed E-state index contributed by atoms with van der Waals surface area (Å²) in [4.78, 5) is 0. The van der Waals surface area contributed by atoms with Gasteiger partial charge in [0.1, 0.15) is 0 Å². The number of hydrogen-bond acceptors (Lipinski definition) is 1.